The number of aromatic nitrogens is 1. The van der Waals surface area contributed by atoms with Crippen molar-refractivity contribution in [3.8, 4) is 0 Å². The molecule has 0 saturated carbocycles. The molecule has 1 aromatic carbocycles. The van der Waals surface area contributed by atoms with Gasteiger partial charge >= 0.3 is 5.97 Å². The fourth-order valence-corrected chi connectivity index (χ4v) is 2.81. The van der Waals surface area contributed by atoms with Crippen molar-refractivity contribution < 1.29 is 19.4 Å². The van der Waals surface area contributed by atoms with E-state index < -0.39 is 11.9 Å². The molecule has 2 rings (SSSR count). The molecule has 0 radical (unpaired) electrons. The molecule has 0 aliphatic rings. The van der Waals surface area contributed by atoms with E-state index in [-0.39, 0.29) is 18.9 Å². The van der Waals surface area contributed by atoms with E-state index in [4.69, 9.17) is 4.74 Å². The van der Waals surface area contributed by atoms with E-state index in [1.54, 1.807) is 18.0 Å². The molecule has 2 aromatic rings. The molecule has 0 fully saturated rings. The van der Waals surface area contributed by atoms with Gasteiger partial charge < -0.3 is 14.7 Å². The van der Waals surface area contributed by atoms with Crippen LogP contribution < -0.4 is 0 Å². The SMILES string of the molecule is CCOCCCN(CC(C)C(=O)O)C(=O)Cc1cccc2cccnc12. The zero-order chi connectivity index (χ0) is 18.9. The van der Waals surface area contributed by atoms with Crippen LogP contribution in [0.3, 0.4) is 0 Å². The number of carbonyl (C=O) groups excluding carboxylic acids is 1. The van der Waals surface area contributed by atoms with Gasteiger partial charge in [-0.25, -0.2) is 0 Å². The quantitative estimate of drug-likeness (QED) is 0.661. The summed E-state index contributed by atoms with van der Waals surface area (Å²) in [5.41, 5.74) is 1.66. The lowest BCUT2D eigenvalue weighted by atomic mass is 10.1. The second kappa shape index (κ2) is 9.87. The van der Waals surface area contributed by atoms with Gasteiger partial charge in [-0.2, -0.15) is 0 Å². The highest BCUT2D eigenvalue weighted by Gasteiger charge is 2.21. The van der Waals surface area contributed by atoms with Crippen molar-refractivity contribution in [1.29, 1.82) is 0 Å². The molecular weight excluding hydrogens is 332 g/mol. The number of benzene rings is 1. The van der Waals surface area contributed by atoms with Crippen LogP contribution in [0.2, 0.25) is 0 Å². The average molecular weight is 358 g/mol. The number of hydrogen-bond donors (Lipinski definition) is 1. The Bertz CT molecular complexity index is 742. The molecule has 1 aromatic heterocycles. The van der Waals surface area contributed by atoms with Crippen LogP contribution in [0, 0.1) is 5.92 Å². The number of amides is 1. The Morgan fingerprint density at radius 1 is 1.27 bits per heavy atom. The third-order valence-electron chi connectivity index (χ3n) is 4.25. The normalized spacial score (nSPS) is 12.1. The maximum Gasteiger partial charge on any atom is 0.308 e. The number of para-hydroxylation sites is 1. The number of carboxylic acids is 1. The maximum absolute atomic E-state index is 12.8. The van der Waals surface area contributed by atoms with Gasteiger partial charge in [0.05, 0.1) is 17.9 Å². The van der Waals surface area contributed by atoms with Crippen LogP contribution in [0.15, 0.2) is 36.5 Å². The zero-order valence-electron chi connectivity index (χ0n) is 15.4. The highest BCUT2D eigenvalue weighted by Crippen LogP contribution is 2.17. The summed E-state index contributed by atoms with van der Waals surface area (Å²) in [5, 5.41) is 10.2. The predicted octanol–water partition coefficient (Wildman–Crippen LogP) is 2.75. The molecule has 1 unspecified atom stereocenters. The van der Waals surface area contributed by atoms with E-state index in [1.807, 2.05) is 37.3 Å². The monoisotopic (exact) mass is 358 g/mol. The van der Waals surface area contributed by atoms with E-state index in [9.17, 15) is 14.7 Å². The third kappa shape index (κ3) is 5.52. The molecule has 0 saturated heterocycles. The third-order valence-corrected chi connectivity index (χ3v) is 4.25. The van der Waals surface area contributed by atoms with Gasteiger partial charge in [-0.1, -0.05) is 31.2 Å². The number of ether oxygens (including phenoxy) is 1. The van der Waals surface area contributed by atoms with Crippen LogP contribution in [0.1, 0.15) is 25.8 Å². The second-order valence-electron chi connectivity index (χ2n) is 6.30. The summed E-state index contributed by atoms with van der Waals surface area (Å²) in [4.78, 5) is 30.0. The minimum Gasteiger partial charge on any atom is -0.481 e. The molecule has 0 aliphatic heterocycles. The lowest BCUT2D eigenvalue weighted by molar-refractivity contribution is -0.143. The molecule has 1 heterocycles. The summed E-state index contributed by atoms with van der Waals surface area (Å²) in [6, 6.07) is 9.59. The van der Waals surface area contributed by atoms with Gasteiger partial charge in [-0.05, 0) is 25.0 Å². The predicted molar refractivity (Wildman–Crippen MR) is 99.9 cm³/mol. The number of rotatable bonds is 10. The van der Waals surface area contributed by atoms with Crippen molar-refractivity contribution >= 4 is 22.8 Å². The van der Waals surface area contributed by atoms with E-state index in [0.29, 0.717) is 26.2 Å². The summed E-state index contributed by atoms with van der Waals surface area (Å²) in [7, 11) is 0. The highest BCUT2D eigenvalue weighted by atomic mass is 16.5. The number of nitrogens with zero attached hydrogens (tertiary/aromatic N) is 2. The molecule has 6 nitrogen and oxygen atoms in total. The lowest BCUT2D eigenvalue weighted by Gasteiger charge is -2.25. The molecule has 140 valence electrons. The van der Waals surface area contributed by atoms with Crippen molar-refractivity contribution in [2.75, 3.05) is 26.3 Å². The Balaban J connectivity index is 2.11. The van der Waals surface area contributed by atoms with E-state index >= 15 is 0 Å². The second-order valence-corrected chi connectivity index (χ2v) is 6.30. The van der Waals surface area contributed by atoms with Gasteiger partial charge in [0, 0.05) is 37.9 Å². The minimum absolute atomic E-state index is 0.0900. The molecule has 0 spiro atoms. The fourth-order valence-electron chi connectivity index (χ4n) is 2.81. The Morgan fingerprint density at radius 2 is 2.04 bits per heavy atom. The molecule has 0 bridgehead atoms. The smallest absolute Gasteiger partial charge is 0.308 e. The number of hydrogen-bond acceptors (Lipinski definition) is 4. The summed E-state index contributed by atoms with van der Waals surface area (Å²) in [6.07, 6.45) is 2.59. The first-order chi connectivity index (χ1) is 12.5. The Hall–Kier alpha value is -2.47. The molecule has 26 heavy (non-hydrogen) atoms. The highest BCUT2D eigenvalue weighted by molar-refractivity contribution is 5.87. The number of carbonyl (C=O) groups is 2. The number of fused-ring (bicyclic) bond motifs is 1. The van der Waals surface area contributed by atoms with E-state index in [0.717, 1.165) is 16.5 Å². The van der Waals surface area contributed by atoms with Gasteiger partial charge in [0.1, 0.15) is 0 Å². The molecule has 1 atom stereocenters. The van der Waals surface area contributed by atoms with Crippen LogP contribution in [-0.4, -0.2) is 53.2 Å². The Kier molecular flexibility index (Phi) is 7.53. The Morgan fingerprint density at radius 3 is 2.77 bits per heavy atom. The molecule has 1 amide bonds. The van der Waals surface area contributed by atoms with Crippen LogP contribution in [0.4, 0.5) is 0 Å². The zero-order valence-corrected chi connectivity index (χ0v) is 15.4. The number of pyridine rings is 1. The van der Waals surface area contributed by atoms with Gasteiger partial charge in [0.2, 0.25) is 5.91 Å². The number of aliphatic carboxylic acids is 1. The van der Waals surface area contributed by atoms with Crippen molar-refractivity contribution in [2.45, 2.75) is 26.7 Å². The van der Waals surface area contributed by atoms with Crippen molar-refractivity contribution in [3.63, 3.8) is 0 Å². The van der Waals surface area contributed by atoms with Crippen molar-refractivity contribution in [3.05, 3.63) is 42.1 Å². The first kappa shape index (κ1) is 19.8. The topological polar surface area (TPSA) is 79.7 Å². The summed E-state index contributed by atoms with van der Waals surface area (Å²) in [6.45, 7) is 5.39. The summed E-state index contributed by atoms with van der Waals surface area (Å²) < 4.78 is 5.33. The van der Waals surface area contributed by atoms with Crippen molar-refractivity contribution in [2.24, 2.45) is 5.92 Å². The van der Waals surface area contributed by atoms with Crippen LogP contribution in [0.5, 0.6) is 0 Å². The molecular formula is C20H26N2O4. The average Bonchev–Trinajstić information content (AvgIpc) is 2.64. The molecule has 0 aliphatic carbocycles. The number of carboxylic acid groups (broad SMARTS) is 1. The summed E-state index contributed by atoms with van der Waals surface area (Å²) >= 11 is 0. The minimum atomic E-state index is -0.903. The largest absolute Gasteiger partial charge is 0.481 e. The fraction of sp³-hybridized carbons (Fsp3) is 0.450. The first-order valence-corrected chi connectivity index (χ1v) is 8.93. The van der Waals surface area contributed by atoms with Gasteiger partial charge in [0.25, 0.3) is 0 Å². The molecule has 1 N–H and O–H groups in total. The lowest BCUT2D eigenvalue weighted by Crippen LogP contribution is -2.39. The van der Waals surface area contributed by atoms with Crippen LogP contribution in [-0.2, 0) is 20.7 Å². The summed E-state index contributed by atoms with van der Waals surface area (Å²) in [5.74, 6) is -1.61. The van der Waals surface area contributed by atoms with Gasteiger partial charge in [-0.15, -0.1) is 0 Å². The maximum atomic E-state index is 12.8. The van der Waals surface area contributed by atoms with Gasteiger partial charge in [-0.3, -0.25) is 14.6 Å². The standard InChI is InChI=1S/C20H26N2O4/c1-3-26-12-6-11-22(14-15(2)20(24)25)18(23)13-17-8-4-7-16-9-5-10-21-19(16)17/h4-5,7-10,15H,3,6,11-14H2,1-2H3,(H,24,25). The van der Waals surface area contributed by atoms with Crippen LogP contribution in [0.25, 0.3) is 10.9 Å². The van der Waals surface area contributed by atoms with Crippen LogP contribution >= 0.6 is 0 Å². The van der Waals surface area contributed by atoms with E-state index in [1.165, 1.54) is 0 Å². The van der Waals surface area contributed by atoms with Crippen molar-refractivity contribution in [1.82, 2.24) is 9.88 Å². The molecule has 6 heteroatoms. The first-order valence-electron chi connectivity index (χ1n) is 8.93. The van der Waals surface area contributed by atoms with Gasteiger partial charge in [0.15, 0.2) is 0 Å². The Labute approximate surface area is 153 Å². The van der Waals surface area contributed by atoms with E-state index in [2.05, 4.69) is 4.98 Å².